The summed E-state index contributed by atoms with van der Waals surface area (Å²) in [6.45, 7) is 4.50. The number of carbonyl (C=O) groups is 2. The van der Waals surface area contributed by atoms with E-state index in [0.29, 0.717) is 16.8 Å². The molecule has 2 aromatic carbocycles. The number of hydrogen-bond donors (Lipinski definition) is 3. The molecular formula is C21H24N4O3. The summed E-state index contributed by atoms with van der Waals surface area (Å²) >= 11 is 0. The second-order valence-corrected chi connectivity index (χ2v) is 7.10. The van der Waals surface area contributed by atoms with E-state index in [9.17, 15) is 9.59 Å². The quantitative estimate of drug-likeness (QED) is 0.740. The van der Waals surface area contributed by atoms with Crippen LogP contribution in [-0.2, 0) is 11.2 Å². The number of hydrogen-bond acceptors (Lipinski definition) is 5. The van der Waals surface area contributed by atoms with Gasteiger partial charge in [-0.3, -0.25) is 14.5 Å². The van der Waals surface area contributed by atoms with Crippen LogP contribution in [-0.4, -0.2) is 49.6 Å². The zero-order chi connectivity index (χ0) is 19.5. The van der Waals surface area contributed by atoms with Gasteiger partial charge in [-0.15, -0.1) is 0 Å². The van der Waals surface area contributed by atoms with Gasteiger partial charge in [0, 0.05) is 18.7 Å². The van der Waals surface area contributed by atoms with Crippen molar-refractivity contribution in [3.8, 4) is 0 Å². The lowest BCUT2D eigenvalue weighted by molar-refractivity contribution is 0.0374. The highest BCUT2D eigenvalue weighted by Crippen LogP contribution is 2.34. The summed E-state index contributed by atoms with van der Waals surface area (Å²) in [5.41, 5.74) is 9.45. The van der Waals surface area contributed by atoms with Crippen LogP contribution in [0.3, 0.4) is 0 Å². The Labute approximate surface area is 163 Å². The monoisotopic (exact) mass is 380 g/mol. The Morgan fingerprint density at radius 1 is 1.07 bits per heavy atom. The van der Waals surface area contributed by atoms with Gasteiger partial charge in [0.1, 0.15) is 0 Å². The first-order valence-electron chi connectivity index (χ1n) is 9.56. The molecule has 0 radical (unpaired) electrons. The molecule has 2 aliphatic rings. The van der Waals surface area contributed by atoms with Gasteiger partial charge >= 0.3 is 0 Å². The fourth-order valence-electron chi connectivity index (χ4n) is 3.74. The molecule has 2 aliphatic heterocycles. The van der Waals surface area contributed by atoms with Crippen LogP contribution in [0.4, 0.5) is 17.1 Å². The Morgan fingerprint density at radius 2 is 1.89 bits per heavy atom. The van der Waals surface area contributed by atoms with Crippen molar-refractivity contribution in [1.29, 1.82) is 0 Å². The number of carbonyl (C=O) groups excluding carboxylic acids is 2. The number of benzene rings is 2. The zero-order valence-corrected chi connectivity index (χ0v) is 15.7. The number of rotatable bonds is 5. The number of nitrogens with zero attached hydrogens (tertiary/aromatic N) is 1. The van der Waals surface area contributed by atoms with Gasteiger partial charge in [-0.05, 0) is 49.2 Å². The largest absolute Gasteiger partial charge is 0.379 e. The molecule has 4 rings (SSSR count). The molecule has 0 aliphatic carbocycles. The molecule has 0 spiro atoms. The van der Waals surface area contributed by atoms with Crippen molar-refractivity contribution in [2.24, 2.45) is 5.73 Å². The number of anilines is 3. The van der Waals surface area contributed by atoms with Gasteiger partial charge in [0.25, 0.3) is 5.91 Å². The number of nitrogens with two attached hydrogens (primary N) is 1. The third-order valence-corrected chi connectivity index (χ3v) is 5.22. The number of amides is 2. The Balaban J connectivity index is 1.53. The van der Waals surface area contributed by atoms with Gasteiger partial charge in [-0.1, -0.05) is 12.1 Å². The number of morpholine rings is 1. The number of ether oxygens (including phenoxy) is 1. The second-order valence-electron chi connectivity index (χ2n) is 7.10. The van der Waals surface area contributed by atoms with E-state index in [2.05, 4.69) is 15.5 Å². The predicted octanol–water partition coefficient (Wildman–Crippen LogP) is 2.36. The maximum atomic E-state index is 12.9. The molecule has 2 aromatic rings. The predicted molar refractivity (Wildman–Crippen MR) is 108 cm³/mol. The summed E-state index contributed by atoms with van der Waals surface area (Å²) in [5.74, 6) is -0.701. The van der Waals surface area contributed by atoms with Crippen molar-refractivity contribution >= 4 is 28.9 Å². The molecule has 0 bridgehead atoms. The van der Waals surface area contributed by atoms with Crippen LogP contribution in [0.15, 0.2) is 36.4 Å². The van der Waals surface area contributed by atoms with Crippen LogP contribution in [0.1, 0.15) is 32.7 Å². The molecule has 7 heteroatoms. The second kappa shape index (κ2) is 8.00. The lowest BCUT2D eigenvalue weighted by atomic mass is 10.00. The normalized spacial score (nSPS) is 16.4. The fourth-order valence-corrected chi connectivity index (χ4v) is 3.74. The molecule has 1 fully saturated rings. The summed E-state index contributed by atoms with van der Waals surface area (Å²) in [4.78, 5) is 26.8. The molecule has 0 unspecified atom stereocenters. The Kier molecular flexibility index (Phi) is 5.27. The van der Waals surface area contributed by atoms with Crippen molar-refractivity contribution in [1.82, 2.24) is 4.90 Å². The van der Waals surface area contributed by atoms with Crippen LogP contribution >= 0.6 is 0 Å². The minimum Gasteiger partial charge on any atom is -0.379 e. The summed E-state index contributed by atoms with van der Waals surface area (Å²) in [6, 6.07) is 10.9. The van der Waals surface area contributed by atoms with E-state index in [1.165, 1.54) is 0 Å². The van der Waals surface area contributed by atoms with Crippen LogP contribution < -0.4 is 16.4 Å². The Bertz CT molecular complexity index is 907. The minimum absolute atomic E-state index is 0.176. The highest BCUT2D eigenvalue weighted by Gasteiger charge is 2.22. The van der Waals surface area contributed by atoms with Crippen LogP contribution in [0.5, 0.6) is 0 Å². The van der Waals surface area contributed by atoms with Crippen molar-refractivity contribution in [2.75, 3.05) is 43.5 Å². The average Bonchev–Trinajstić information content (AvgIpc) is 2.84. The molecular weight excluding hydrogens is 356 g/mol. The molecule has 7 nitrogen and oxygen atoms in total. The summed E-state index contributed by atoms with van der Waals surface area (Å²) < 4.78 is 5.39. The lowest BCUT2D eigenvalue weighted by Crippen LogP contribution is -2.37. The van der Waals surface area contributed by atoms with Crippen molar-refractivity contribution in [2.45, 2.75) is 12.8 Å². The lowest BCUT2D eigenvalue weighted by Gasteiger charge is -2.26. The van der Waals surface area contributed by atoms with Gasteiger partial charge in [0.15, 0.2) is 0 Å². The summed E-state index contributed by atoms with van der Waals surface area (Å²) in [5, 5.41) is 6.24. The molecule has 1 saturated heterocycles. The van der Waals surface area contributed by atoms with E-state index < -0.39 is 5.91 Å². The maximum Gasteiger partial charge on any atom is 0.258 e. The molecule has 0 aromatic heterocycles. The molecule has 2 amide bonds. The zero-order valence-electron chi connectivity index (χ0n) is 15.7. The van der Waals surface area contributed by atoms with E-state index in [1.807, 2.05) is 18.2 Å². The first kappa shape index (κ1) is 18.5. The van der Waals surface area contributed by atoms with Crippen molar-refractivity contribution in [3.63, 3.8) is 0 Å². The molecule has 4 N–H and O–H groups in total. The first-order valence-corrected chi connectivity index (χ1v) is 9.56. The topological polar surface area (TPSA) is 96.7 Å². The van der Waals surface area contributed by atoms with E-state index in [1.54, 1.807) is 18.2 Å². The SMILES string of the molecule is NC(=O)c1ccc2c(c1)NC(=O)c1c(CCCN3CCOCC3)cccc1N2. The van der Waals surface area contributed by atoms with E-state index in [-0.39, 0.29) is 5.91 Å². The number of fused-ring (bicyclic) bond motifs is 2. The van der Waals surface area contributed by atoms with Crippen LogP contribution in [0.25, 0.3) is 0 Å². The average molecular weight is 380 g/mol. The van der Waals surface area contributed by atoms with Crippen LogP contribution in [0, 0.1) is 0 Å². The van der Waals surface area contributed by atoms with E-state index >= 15 is 0 Å². The fraction of sp³-hybridized carbons (Fsp3) is 0.333. The van der Waals surface area contributed by atoms with Gasteiger partial charge in [-0.2, -0.15) is 0 Å². The highest BCUT2D eigenvalue weighted by atomic mass is 16.5. The Hall–Kier alpha value is -2.90. The molecule has 0 saturated carbocycles. The number of nitrogens with one attached hydrogen (secondary N) is 2. The van der Waals surface area contributed by atoms with Crippen molar-refractivity contribution < 1.29 is 14.3 Å². The minimum atomic E-state index is -0.525. The van der Waals surface area contributed by atoms with E-state index in [4.69, 9.17) is 10.5 Å². The van der Waals surface area contributed by atoms with Crippen LogP contribution in [0.2, 0.25) is 0 Å². The maximum absolute atomic E-state index is 12.9. The van der Waals surface area contributed by atoms with Gasteiger partial charge in [-0.25, -0.2) is 0 Å². The van der Waals surface area contributed by atoms with Gasteiger partial charge < -0.3 is 21.1 Å². The number of aryl methyl sites for hydroxylation is 1. The first-order chi connectivity index (χ1) is 13.6. The molecule has 0 atom stereocenters. The summed E-state index contributed by atoms with van der Waals surface area (Å²) in [7, 11) is 0. The summed E-state index contributed by atoms with van der Waals surface area (Å²) in [6.07, 6.45) is 1.79. The number of primary amides is 1. The molecule has 28 heavy (non-hydrogen) atoms. The molecule has 2 heterocycles. The van der Waals surface area contributed by atoms with Crippen molar-refractivity contribution in [3.05, 3.63) is 53.1 Å². The molecule has 146 valence electrons. The highest BCUT2D eigenvalue weighted by molar-refractivity contribution is 6.13. The third kappa shape index (κ3) is 3.85. The standard InChI is InChI=1S/C21H24N4O3/c22-20(26)15-6-7-16-18(13-15)24-21(27)19-14(3-1-5-17(19)23-16)4-2-8-25-9-11-28-12-10-25/h1,3,5-7,13,23H,2,4,8-12H2,(H2,22,26)(H,24,27). The Morgan fingerprint density at radius 3 is 2.68 bits per heavy atom. The van der Waals surface area contributed by atoms with E-state index in [0.717, 1.165) is 62.6 Å². The van der Waals surface area contributed by atoms with Gasteiger partial charge in [0.05, 0.1) is 35.8 Å². The third-order valence-electron chi connectivity index (χ3n) is 5.22. The van der Waals surface area contributed by atoms with Gasteiger partial charge in [0.2, 0.25) is 5.91 Å². The smallest absolute Gasteiger partial charge is 0.258 e.